The molecule has 0 aliphatic rings. The van der Waals surface area contributed by atoms with Crippen molar-refractivity contribution in [1.29, 1.82) is 0 Å². The van der Waals surface area contributed by atoms with Crippen LogP contribution in [0.25, 0.3) is 0 Å². The second-order valence-corrected chi connectivity index (χ2v) is 5.22. The van der Waals surface area contributed by atoms with Crippen molar-refractivity contribution in [2.75, 3.05) is 25.5 Å². The maximum atomic E-state index is 11.9. The predicted octanol–water partition coefficient (Wildman–Crippen LogP) is 1.37. The largest absolute Gasteiger partial charge is 0.372 e. The highest BCUT2D eigenvalue weighted by Crippen LogP contribution is 2.03. The van der Waals surface area contributed by atoms with Crippen molar-refractivity contribution >= 4 is 11.7 Å². The quantitative estimate of drug-likeness (QED) is 0.789. The number of nitrogens with zero attached hydrogens (tertiary/aromatic N) is 3. The highest BCUT2D eigenvalue weighted by molar-refractivity contribution is 5.91. The lowest BCUT2D eigenvalue weighted by Gasteiger charge is -2.30. The zero-order valence-electron chi connectivity index (χ0n) is 13.0. The molecule has 0 aliphatic heterocycles. The first-order valence-electron chi connectivity index (χ1n) is 6.99. The number of hydrogen-bond donors (Lipinski definition) is 2. The van der Waals surface area contributed by atoms with Crippen LogP contribution in [0.5, 0.6) is 0 Å². The standard InChI is InChI=1S/C14H25N5O/c1-10(2)19(11(3)4)7-6-16-14(20)12-8-18-13(15-5)9-17-12/h8-11H,6-7H2,1-5H3,(H,15,18)(H,16,20). The Labute approximate surface area is 121 Å². The topological polar surface area (TPSA) is 70.2 Å². The van der Waals surface area contributed by atoms with E-state index in [-0.39, 0.29) is 5.91 Å². The van der Waals surface area contributed by atoms with Crippen molar-refractivity contribution in [2.24, 2.45) is 0 Å². The molecule has 0 saturated carbocycles. The van der Waals surface area contributed by atoms with Gasteiger partial charge in [0.2, 0.25) is 0 Å². The molecule has 2 N–H and O–H groups in total. The van der Waals surface area contributed by atoms with Crippen molar-refractivity contribution in [3.8, 4) is 0 Å². The summed E-state index contributed by atoms with van der Waals surface area (Å²) in [6.45, 7) is 10.1. The third-order valence-electron chi connectivity index (χ3n) is 3.12. The number of aromatic nitrogens is 2. The summed E-state index contributed by atoms with van der Waals surface area (Å²) in [6.07, 6.45) is 3.02. The van der Waals surface area contributed by atoms with Gasteiger partial charge in [0.25, 0.3) is 5.91 Å². The van der Waals surface area contributed by atoms with E-state index in [1.807, 2.05) is 0 Å². The van der Waals surface area contributed by atoms with Crippen molar-refractivity contribution < 1.29 is 4.79 Å². The Morgan fingerprint density at radius 2 is 1.85 bits per heavy atom. The third-order valence-corrected chi connectivity index (χ3v) is 3.12. The maximum absolute atomic E-state index is 11.9. The Hall–Kier alpha value is -1.69. The van der Waals surface area contributed by atoms with Crippen molar-refractivity contribution in [3.63, 3.8) is 0 Å². The smallest absolute Gasteiger partial charge is 0.271 e. The van der Waals surface area contributed by atoms with Crippen LogP contribution in [0.4, 0.5) is 5.82 Å². The van der Waals surface area contributed by atoms with Crippen LogP contribution in [0.3, 0.4) is 0 Å². The summed E-state index contributed by atoms with van der Waals surface area (Å²) in [5, 5.41) is 5.74. The average Bonchev–Trinajstić information content (AvgIpc) is 2.42. The Balaban J connectivity index is 2.46. The molecule has 1 rings (SSSR count). The zero-order valence-corrected chi connectivity index (χ0v) is 13.0. The van der Waals surface area contributed by atoms with Crippen molar-refractivity contribution in [3.05, 3.63) is 18.1 Å². The van der Waals surface area contributed by atoms with Gasteiger partial charge in [0.15, 0.2) is 0 Å². The molecule has 0 unspecified atom stereocenters. The molecular weight excluding hydrogens is 254 g/mol. The number of nitrogens with one attached hydrogen (secondary N) is 2. The predicted molar refractivity (Wildman–Crippen MR) is 80.9 cm³/mol. The van der Waals surface area contributed by atoms with E-state index in [0.29, 0.717) is 30.1 Å². The van der Waals surface area contributed by atoms with Crippen LogP contribution in [-0.2, 0) is 0 Å². The van der Waals surface area contributed by atoms with Gasteiger partial charge in [0.05, 0.1) is 12.4 Å². The Morgan fingerprint density at radius 3 is 2.30 bits per heavy atom. The summed E-state index contributed by atoms with van der Waals surface area (Å²) in [6, 6.07) is 0.920. The molecule has 0 atom stereocenters. The molecule has 1 aromatic rings. The summed E-state index contributed by atoms with van der Waals surface area (Å²) in [7, 11) is 1.76. The molecule has 0 spiro atoms. The van der Waals surface area contributed by atoms with E-state index in [2.05, 4.69) is 53.2 Å². The van der Waals surface area contributed by atoms with Crippen LogP contribution in [0.1, 0.15) is 38.2 Å². The van der Waals surface area contributed by atoms with Crippen LogP contribution in [0.2, 0.25) is 0 Å². The van der Waals surface area contributed by atoms with Gasteiger partial charge in [-0.05, 0) is 27.7 Å². The second kappa shape index (κ2) is 7.79. The van der Waals surface area contributed by atoms with E-state index in [0.717, 1.165) is 6.54 Å². The van der Waals surface area contributed by atoms with Crippen LogP contribution >= 0.6 is 0 Å². The molecule has 1 heterocycles. The Morgan fingerprint density at radius 1 is 1.20 bits per heavy atom. The highest BCUT2D eigenvalue weighted by atomic mass is 16.1. The molecule has 0 saturated heterocycles. The number of amides is 1. The first-order chi connectivity index (χ1) is 9.45. The number of carbonyl (C=O) groups is 1. The van der Waals surface area contributed by atoms with E-state index >= 15 is 0 Å². The first-order valence-corrected chi connectivity index (χ1v) is 6.99. The van der Waals surface area contributed by atoms with Crippen LogP contribution in [0.15, 0.2) is 12.4 Å². The van der Waals surface area contributed by atoms with E-state index in [4.69, 9.17) is 0 Å². The van der Waals surface area contributed by atoms with Gasteiger partial charge in [-0.15, -0.1) is 0 Å². The monoisotopic (exact) mass is 279 g/mol. The highest BCUT2D eigenvalue weighted by Gasteiger charge is 2.14. The zero-order chi connectivity index (χ0) is 15.1. The molecule has 0 aliphatic carbocycles. The van der Waals surface area contributed by atoms with E-state index in [1.54, 1.807) is 13.2 Å². The molecule has 1 amide bonds. The van der Waals surface area contributed by atoms with Gasteiger partial charge < -0.3 is 10.6 Å². The minimum Gasteiger partial charge on any atom is -0.372 e. The fourth-order valence-electron chi connectivity index (χ4n) is 2.08. The molecule has 0 fully saturated rings. The molecule has 0 radical (unpaired) electrons. The average molecular weight is 279 g/mol. The summed E-state index contributed by atoms with van der Waals surface area (Å²) >= 11 is 0. The minimum atomic E-state index is -0.187. The van der Waals surface area contributed by atoms with Gasteiger partial charge in [-0.3, -0.25) is 9.69 Å². The fourth-order valence-corrected chi connectivity index (χ4v) is 2.08. The maximum Gasteiger partial charge on any atom is 0.271 e. The lowest BCUT2D eigenvalue weighted by atomic mass is 10.2. The van der Waals surface area contributed by atoms with Gasteiger partial charge >= 0.3 is 0 Å². The molecule has 1 aromatic heterocycles. The van der Waals surface area contributed by atoms with Gasteiger partial charge in [0, 0.05) is 32.2 Å². The summed E-state index contributed by atoms with van der Waals surface area (Å²) in [4.78, 5) is 22.4. The lowest BCUT2D eigenvalue weighted by molar-refractivity contribution is 0.0934. The SMILES string of the molecule is CNc1cnc(C(=O)NCCN(C(C)C)C(C)C)cn1. The first kappa shape index (κ1) is 16.4. The molecule has 6 nitrogen and oxygen atoms in total. The Kier molecular flexibility index (Phi) is 6.38. The molecular formula is C14H25N5O. The van der Waals surface area contributed by atoms with E-state index in [9.17, 15) is 4.79 Å². The molecule has 0 bridgehead atoms. The minimum absolute atomic E-state index is 0.187. The molecule has 20 heavy (non-hydrogen) atoms. The molecule has 112 valence electrons. The van der Waals surface area contributed by atoms with Gasteiger partial charge in [-0.1, -0.05) is 0 Å². The number of rotatable bonds is 7. The van der Waals surface area contributed by atoms with Gasteiger partial charge in [0.1, 0.15) is 11.5 Å². The second-order valence-electron chi connectivity index (χ2n) is 5.22. The van der Waals surface area contributed by atoms with Crippen molar-refractivity contribution in [2.45, 2.75) is 39.8 Å². The number of carbonyl (C=O) groups excluding carboxylic acids is 1. The number of hydrogen-bond acceptors (Lipinski definition) is 5. The fraction of sp³-hybridized carbons (Fsp3) is 0.643. The van der Waals surface area contributed by atoms with E-state index in [1.165, 1.54) is 6.20 Å². The normalized spacial score (nSPS) is 11.2. The van der Waals surface area contributed by atoms with Crippen LogP contribution in [-0.4, -0.2) is 53.0 Å². The summed E-state index contributed by atoms with van der Waals surface area (Å²) < 4.78 is 0. The van der Waals surface area contributed by atoms with Crippen molar-refractivity contribution in [1.82, 2.24) is 20.2 Å². The van der Waals surface area contributed by atoms with Crippen LogP contribution in [0, 0.1) is 0 Å². The lowest BCUT2D eigenvalue weighted by Crippen LogP contribution is -2.42. The molecule has 6 heteroatoms. The third kappa shape index (κ3) is 4.77. The number of anilines is 1. The summed E-state index contributed by atoms with van der Waals surface area (Å²) in [5.41, 5.74) is 0.338. The van der Waals surface area contributed by atoms with Crippen LogP contribution < -0.4 is 10.6 Å². The van der Waals surface area contributed by atoms with Gasteiger partial charge in [-0.25, -0.2) is 9.97 Å². The summed E-state index contributed by atoms with van der Waals surface area (Å²) in [5.74, 6) is 0.458. The van der Waals surface area contributed by atoms with Gasteiger partial charge in [-0.2, -0.15) is 0 Å². The molecule has 0 aromatic carbocycles. The van der Waals surface area contributed by atoms with E-state index < -0.39 is 0 Å². The Bertz CT molecular complexity index is 408.